The van der Waals surface area contributed by atoms with Gasteiger partial charge in [0.15, 0.2) is 11.6 Å². The summed E-state index contributed by atoms with van der Waals surface area (Å²) in [5, 5.41) is 6.27. The standard InChI is InChI=1S/C19H27FN2O2/c1-13(22-19(23)7-4-14-8-9-21-11-14)16-5-6-18(17(20)10-16)24-12-15-2-3-15/h5-6,10,13-15,21H,2-4,7-9,11-12H2,1H3,(H,22,23). The highest BCUT2D eigenvalue weighted by Gasteiger charge is 2.23. The molecule has 132 valence electrons. The van der Waals surface area contributed by atoms with Gasteiger partial charge >= 0.3 is 0 Å². The summed E-state index contributed by atoms with van der Waals surface area (Å²) < 4.78 is 19.6. The van der Waals surface area contributed by atoms with Crippen LogP contribution in [0.1, 0.15) is 50.6 Å². The van der Waals surface area contributed by atoms with Crippen molar-refractivity contribution in [2.45, 2.75) is 45.1 Å². The Morgan fingerprint density at radius 3 is 2.88 bits per heavy atom. The molecule has 1 aromatic carbocycles. The molecule has 2 aliphatic rings. The van der Waals surface area contributed by atoms with E-state index in [2.05, 4.69) is 10.6 Å². The summed E-state index contributed by atoms with van der Waals surface area (Å²) >= 11 is 0. The Kier molecular flexibility index (Phi) is 5.72. The molecule has 0 bridgehead atoms. The fourth-order valence-corrected chi connectivity index (χ4v) is 3.09. The number of ether oxygens (including phenoxy) is 1. The average Bonchev–Trinajstić information content (AvgIpc) is 3.24. The highest BCUT2D eigenvalue weighted by Crippen LogP contribution is 2.30. The maximum atomic E-state index is 14.1. The van der Waals surface area contributed by atoms with Crippen LogP contribution in [0.3, 0.4) is 0 Å². The predicted molar refractivity (Wildman–Crippen MR) is 91.4 cm³/mol. The molecule has 1 amide bonds. The molecule has 4 nitrogen and oxygen atoms in total. The fourth-order valence-electron chi connectivity index (χ4n) is 3.09. The topological polar surface area (TPSA) is 50.4 Å². The van der Waals surface area contributed by atoms with E-state index in [4.69, 9.17) is 4.74 Å². The van der Waals surface area contributed by atoms with Crippen LogP contribution in [0, 0.1) is 17.7 Å². The van der Waals surface area contributed by atoms with Crippen molar-refractivity contribution in [2.24, 2.45) is 11.8 Å². The molecule has 0 spiro atoms. The first-order chi connectivity index (χ1) is 11.6. The Labute approximate surface area is 143 Å². The normalized spacial score (nSPS) is 21.5. The van der Waals surface area contributed by atoms with Crippen molar-refractivity contribution in [3.05, 3.63) is 29.6 Å². The largest absolute Gasteiger partial charge is 0.490 e. The summed E-state index contributed by atoms with van der Waals surface area (Å²) in [5.41, 5.74) is 0.766. The van der Waals surface area contributed by atoms with Crippen LogP contribution in [0.2, 0.25) is 0 Å². The van der Waals surface area contributed by atoms with E-state index in [1.54, 1.807) is 6.07 Å². The molecule has 24 heavy (non-hydrogen) atoms. The second kappa shape index (κ2) is 7.97. The van der Waals surface area contributed by atoms with Gasteiger partial charge in [-0.25, -0.2) is 4.39 Å². The molecule has 3 rings (SSSR count). The van der Waals surface area contributed by atoms with Gasteiger partial charge in [0.2, 0.25) is 5.91 Å². The second-order valence-corrected chi connectivity index (χ2v) is 7.13. The Morgan fingerprint density at radius 2 is 2.21 bits per heavy atom. The molecule has 2 atom stereocenters. The van der Waals surface area contributed by atoms with E-state index in [-0.39, 0.29) is 17.8 Å². The number of halogens is 1. The molecule has 1 saturated heterocycles. The van der Waals surface area contributed by atoms with Crippen LogP contribution in [-0.4, -0.2) is 25.6 Å². The van der Waals surface area contributed by atoms with Crippen LogP contribution in [0.25, 0.3) is 0 Å². The number of hydrogen-bond acceptors (Lipinski definition) is 3. The van der Waals surface area contributed by atoms with E-state index in [1.807, 2.05) is 13.0 Å². The van der Waals surface area contributed by atoms with Crippen LogP contribution < -0.4 is 15.4 Å². The number of benzene rings is 1. The van der Waals surface area contributed by atoms with Gasteiger partial charge in [0, 0.05) is 6.42 Å². The lowest BCUT2D eigenvalue weighted by atomic mass is 10.0. The zero-order valence-corrected chi connectivity index (χ0v) is 14.3. The van der Waals surface area contributed by atoms with Crippen molar-refractivity contribution in [1.29, 1.82) is 0 Å². The average molecular weight is 334 g/mol. The molecular formula is C19H27FN2O2. The van der Waals surface area contributed by atoms with E-state index < -0.39 is 0 Å². The van der Waals surface area contributed by atoms with Gasteiger partial charge in [-0.05, 0) is 75.2 Å². The Hall–Kier alpha value is -1.62. The van der Waals surface area contributed by atoms with Gasteiger partial charge in [-0.2, -0.15) is 0 Å². The summed E-state index contributed by atoms with van der Waals surface area (Å²) in [6, 6.07) is 4.76. The lowest BCUT2D eigenvalue weighted by molar-refractivity contribution is -0.122. The number of carbonyl (C=O) groups is 1. The van der Waals surface area contributed by atoms with Gasteiger partial charge in [-0.1, -0.05) is 6.07 Å². The predicted octanol–water partition coefficient (Wildman–Crippen LogP) is 3.18. The van der Waals surface area contributed by atoms with Crippen LogP contribution in [0.15, 0.2) is 18.2 Å². The highest BCUT2D eigenvalue weighted by molar-refractivity contribution is 5.76. The second-order valence-electron chi connectivity index (χ2n) is 7.13. The summed E-state index contributed by atoms with van der Waals surface area (Å²) in [7, 11) is 0. The van der Waals surface area contributed by atoms with Crippen molar-refractivity contribution in [2.75, 3.05) is 19.7 Å². The van der Waals surface area contributed by atoms with Crippen molar-refractivity contribution < 1.29 is 13.9 Å². The molecule has 2 unspecified atom stereocenters. The van der Waals surface area contributed by atoms with Gasteiger partial charge < -0.3 is 15.4 Å². The number of rotatable bonds is 8. The number of carbonyl (C=O) groups excluding carboxylic acids is 1. The van der Waals surface area contributed by atoms with E-state index >= 15 is 0 Å². The molecule has 2 fully saturated rings. The van der Waals surface area contributed by atoms with E-state index in [1.165, 1.54) is 18.9 Å². The molecule has 2 N–H and O–H groups in total. The number of amides is 1. The van der Waals surface area contributed by atoms with E-state index in [0.29, 0.717) is 30.6 Å². The number of nitrogens with one attached hydrogen (secondary N) is 2. The molecule has 1 aromatic rings. The third-order valence-corrected chi connectivity index (χ3v) is 4.95. The zero-order chi connectivity index (χ0) is 16.9. The van der Waals surface area contributed by atoms with Gasteiger partial charge in [-0.15, -0.1) is 0 Å². The Balaban J connectivity index is 1.47. The van der Waals surface area contributed by atoms with Gasteiger partial charge in [0.25, 0.3) is 0 Å². The lowest BCUT2D eigenvalue weighted by Crippen LogP contribution is -2.27. The van der Waals surface area contributed by atoms with Crippen LogP contribution >= 0.6 is 0 Å². The first-order valence-electron chi connectivity index (χ1n) is 9.04. The van der Waals surface area contributed by atoms with E-state index in [0.717, 1.165) is 31.5 Å². The van der Waals surface area contributed by atoms with Gasteiger partial charge in [0.1, 0.15) is 0 Å². The quantitative estimate of drug-likeness (QED) is 0.768. The molecule has 5 heteroatoms. The summed E-state index contributed by atoms with van der Waals surface area (Å²) in [4.78, 5) is 12.1. The van der Waals surface area contributed by atoms with Crippen molar-refractivity contribution in [3.63, 3.8) is 0 Å². The van der Waals surface area contributed by atoms with Gasteiger partial charge in [-0.3, -0.25) is 4.79 Å². The first kappa shape index (κ1) is 17.2. The minimum atomic E-state index is -0.355. The Morgan fingerprint density at radius 1 is 1.38 bits per heavy atom. The molecular weight excluding hydrogens is 307 g/mol. The van der Waals surface area contributed by atoms with Gasteiger partial charge in [0.05, 0.1) is 12.6 Å². The first-order valence-corrected chi connectivity index (χ1v) is 9.04. The van der Waals surface area contributed by atoms with Crippen molar-refractivity contribution >= 4 is 5.91 Å². The maximum absolute atomic E-state index is 14.1. The van der Waals surface area contributed by atoms with Crippen molar-refractivity contribution in [3.8, 4) is 5.75 Å². The van der Waals surface area contributed by atoms with E-state index in [9.17, 15) is 9.18 Å². The highest BCUT2D eigenvalue weighted by atomic mass is 19.1. The van der Waals surface area contributed by atoms with Crippen LogP contribution in [0.5, 0.6) is 5.75 Å². The smallest absolute Gasteiger partial charge is 0.220 e. The molecule has 1 aliphatic carbocycles. The third-order valence-electron chi connectivity index (χ3n) is 4.95. The molecule has 1 saturated carbocycles. The summed E-state index contributed by atoms with van der Waals surface area (Å²) in [5.74, 6) is 1.18. The SMILES string of the molecule is CC(NC(=O)CCC1CCNC1)c1ccc(OCC2CC2)c(F)c1. The zero-order valence-electron chi connectivity index (χ0n) is 14.3. The fraction of sp³-hybridized carbons (Fsp3) is 0.632. The van der Waals surface area contributed by atoms with Crippen LogP contribution in [-0.2, 0) is 4.79 Å². The summed E-state index contributed by atoms with van der Waals surface area (Å²) in [6.45, 7) is 4.54. The molecule has 0 radical (unpaired) electrons. The number of hydrogen-bond donors (Lipinski definition) is 2. The van der Waals surface area contributed by atoms with Crippen molar-refractivity contribution in [1.82, 2.24) is 10.6 Å². The monoisotopic (exact) mass is 334 g/mol. The minimum absolute atomic E-state index is 0.0314. The molecule has 1 heterocycles. The maximum Gasteiger partial charge on any atom is 0.220 e. The molecule has 0 aromatic heterocycles. The minimum Gasteiger partial charge on any atom is -0.490 e. The Bertz CT molecular complexity index is 568. The molecule has 1 aliphatic heterocycles. The third kappa shape index (κ3) is 4.94. The summed E-state index contributed by atoms with van der Waals surface area (Å²) in [6.07, 6.45) is 4.95. The van der Waals surface area contributed by atoms with Crippen LogP contribution in [0.4, 0.5) is 4.39 Å². The lowest BCUT2D eigenvalue weighted by Gasteiger charge is -2.16.